The quantitative estimate of drug-likeness (QED) is 0.847. The van der Waals surface area contributed by atoms with Gasteiger partial charge in [-0.3, -0.25) is 0 Å². The van der Waals surface area contributed by atoms with Gasteiger partial charge in [-0.15, -0.1) is 10.2 Å². The smallest absolute Gasteiger partial charge is 0.277 e. The summed E-state index contributed by atoms with van der Waals surface area (Å²) in [5, 5.41) is 8.09. The molecule has 0 fully saturated rings. The molecule has 1 heterocycles. The maximum atomic E-state index is 12.8. The van der Waals surface area contributed by atoms with Crippen LogP contribution in [0.2, 0.25) is 0 Å². The van der Waals surface area contributed by atoms with Crippen LogP contribution in [0.3, 0.4) is 0 Å². The maximum Gasteiger partial charge on any atom is 0.277 e. The predicted molar refractivity (Wildman–Crippen MR) is 63.1 cm³/mol. The van der Waals surface area contributed by atoms with Crippen molar-refractivity contribution in [2.75, 3.05) is 6.54 Å². The fourth-order valence-electron chi connectivity index (χ4n) is 1.38. The minimum Gasteiger partial charge on any atom is -0.416 e. The lowest BCUT2D eigenvalue weighted by molar-refractivity contribution is 0.428. The van der Waals surface area contributed by atoms with Crippen molar-refractivity contribution in [3.63, 3.8) is 0 Å². The van der Waals surface area contributed by atoms with E-state index < -0.39 is 0 Å². The van der Waals surface area contributed by atoms with Crippen molar-refractivity contribution in [3.8, 4) is 0 Å². The summed E-state index contributed by atoms with van der Waals surface area (Å²) in [6.45, 7) is 2.14. The van der Waals surface area contributed by atoms with Gasteiger partial charge in [0, 0.05) is 13.5 Å². The van der Waals surface area contributed by atoms with E-state index >= 15 is 0 Å². The molecule has 0 amide bonds. The fourth-order valence-corrected chi connectivity index (χ4v) is 2.27. The van der Waals surface area contributed by atoms with E-state index in [1.54, 1.807) is 19.1 Å². The number of thioether (sulfide) groups is 1. The van der Waals surface area contributed by atoms with Gasteiger partial charge in [0.15, 0.2) is 0 Å². The highest BCUT2D eigenvalue weighted by molar-refractivity contribution is 7.99. The zero-order chi connectivity index (χ0) is 12.3. The lowest BCUT2D eigenvalue weighted by Crippen LogP contribution is -2.09. The van der Waals surface area contributed by atoms with Crippen LogP contribution in [-0.4, -0.2) is 16.7 Å². The molecule has 0 aliphatic carbocycles. The molecule has 2 N–H and O–H groups in total. The van der Waals surface area contributed by atoms with Gasteiger partial charge in [-0.2, -0.15) is 0 Å². The van der Waals surface area contributed by atoms with Gasteiger partial charge < -0.3 is 10.2 Å². The third-order valence-electron chi connectivity index (χ3n) is 2.21. The van der Waals surface area contributed by atoms with Crippen molar-refractivity contribution >= 4 is 11.8 Å². The molecule has 1 atom stereocenters. The van der Waals surface area contributed by atoms with Crippen molar-refractivity contribution in [3.05, 3.63) is 41.5 Å². The number of aryl methyl sites for hydroxylation is 1. The second-order valence-electron chi connectivity index (χ2n) is 3.48. The highest BCUT2D eigenvalue weighted by Crippen LogP contribution is 2.33. The number of halogens is 1. The summed E-state index contributed by atoms with van der Waals surface area (Å²) in [5.74, 6) is 0.255. The van der Waals surface area contributed by atoms with Gasteiger partial charge in [0.2, 0.25) is 5.89 Å². The molecule has 6 heteroatoms. The molecule has 0 aliphatic rings. The molecule has 0 saturated heterocycles. The molecule has 1 aromatic carbocycles. The van der Waals surface area contributed by atoms with Crippen molar-refractivity contribution in [2.45, 2.75) is 17.4 Å². The van der Waals surface area contributed by atoms with Crippen LogP contribution >= 0.6 is 11.8 Å². The van der Waals surface area contributed by atoms with Gasteiger partial charge in [0.1, 0.15) is 5.82 Å². The first-order valence-electron chi connectivity index (χ1n) is 5.11. The standard InChI is InChI=1S/C11H12FN3OS/c1-7-14-15-11(16-7)17-10(6-13)8-2-4-9(12)5-3-8/h2-5,10H,6,13H2,1H3. The van der Waals surface area contributed by atoms with E-state index in [9.17, 15) is 4.39 Å². The summed E-state index contributed by atoms with van der Waals surface area (Å²) < 4.78 is 18.1. The number of hydrogen-bond acceptors (Lipinski definition) is 5. The van der Waals surface area contributed by atoms with E-state index in [-0.39, 0.29) is 11.1 Å². The summed E-state index contributed by atoms with van der Waals surface area (Å²) in [6, 6.07) is 6.25. The van der Waals surface area contributed by atoms with Crippen LogP contribution in [0.5, 0.6) is 0 Å². The summed E-state index contributed by atoms with van der Waals surface area (Å²) in [5.41, 5.74) is 6.63. The van der Waals surface area contributed by atoms with Crippen molar-refractivity contribution in [1.82, 2.24) is 10.2 Å². The fraction of sp³-hybridized carbons (Fsp3) is 0.273. The molecular formula is C11H12FN3OS. The van der Waals surface area contributed by atoms with E-state index in [1.165, 1.54) is 23.9 Å². The van der Waals surface area contributed by atoms with E-state index in [2.05, 4.69) is 10.2 Å². The molecule has 0 spiro atoms. The van der Waals surface area contributed by atoms with E-state index in [4.69, 9.17) is 10.2 Å². The number of nitrogens with zero attached hydrogens (tertiary/aromatic N) is 2. The highest BCUT2D eigenvalue weighted by Gasteiger charge is 2.15. The first kappa shape index (κ1) is 12.1. The second-order valence-corrected chi connectivity index (χ2v) is 4.63. The first-order valence-corrected chi connectivity index (χ1v) is 5.99. The van der Waals surface area contributed by atoms with E-state index in [1.807, 2.05) is 0 Å². The lowest BCUT2D eigenvalue weighted by atomic mass is 10.1. The molecule has 2 rings (SSSR count). The Morgan fingerprint density at radius 3 is 2.59 bits per heavy atom. The summed E-state index contributed by atoms with van der Waals surface area (Å²) in [6.07, 6.45) is 0. The van der Waals surface area contributed by atoms with Crippen LogP contribution in [-0.2, 0) is 0 Å². The average Bonchev–Trinajstić information content (AvgIpc) is 2.73. The zero-order valence-corrected chi connectivity index (χ0v) is 10.1. The number of aromatic nitrogens is 2. The first-order chi connectivity index (χ1) is 8.19. The van der Waals surface area contributed by atoms with Crippen molar-refractivity contribution < 1.29 is 8.81 Å². The molecular weight excluding hydrogens is 241 g/mol. The van der Waals surface area contributed by atoms with Gasteiger partial charge in [-0.05, 0) is 17.7 Å². The van der Waals surface area contributed by atoms with E-state index in [0.29, 0.717) is 17.7 Å². The topological polar surface area (TPSA) is 64.9 Å². The number of hydrogen-bond donors (Lipinski definition) is 1. The lowest BCUT2D eigenvalue weighted by Gasteiger charge is -2.11. The Morgan fingerprint density at radius 2 is 2.06 bits per heavy atom. The molecule has 0 aliphatic heterocycles. The minimum absolute atomic E-state index is 0.0181. The molecule has 1 aromatic heterocycles. The predicted octanol–water partition coefficient (Wildman–Crippen LogP) is 2.31. The Bertz CT molecular complexity index is 486. The largest absolute Gasteiger partial charge is 0.416 e. The van der Waals surface area contributed by atoms with Gasteiger partial charge in [-0.1, -0.05) is 23.9 Å². The molecule has 0 radical (unpaired) electrons. The third-order valence-corrected chi connectivity index (χ3v) is 3.32. The summed E-state index contributed by atoms with van der Waals surface area (Å²) >= 11 is 1.38. The Kier molecular flexibility index (Phi) is 3.75. The highest BCUT2D eigenvalue weighted by atomic mass is 32.2. The van der Waals surface area contributed by atoms with Gasteiger partial charge in [-0.25, -0.2) is 4.39 Å². The molecule has 0 saturated carbocycles. The number of nitrogens with two attached hydrogens (primary N) is 1. The number of benzene rings is 1. The van der Waals surface area contributed by atoms with Crippen molar-refractivity contribution in [2.24, 2.45) is 5.73 Å². The SMILES string of the molecule is Cc1nnc(SC(CN)c2ccc(F)cc2)o1. The minimum atomic E-state index is -0.261. The number of rotatable bonds is 4. The van der Waals surface area contributed by atoms with Crippen molar-refractivity contribution in [1.29, 1.82) is 0 Å². The summed E-state index contributed by atoms with van der Waals surface area (Å²) in [7, 11) is 0. The van der Waals surface area contributed by atoms with Crippen LogP contribution in [0, 0.1) is 12.7 Å². The second kappa shape index (κ2) is 5.29. The van der Waals surface area contributed by atoms with Gasteiger partial charge >= 0.3 is 0 Å². The average molecular weight is 253 g/mol. The summed E-state index contributed by atoms with van der Waals surface area (Å²) in [4.78, 5) is 0. The van der Waals surface area contributed by atoms with Crippen LogP contribution in [0.1, 0.15) is 16.7 Å². The molecule has 90 valence electrons. The Labute approximate surface area is 102 Å². The molecule has 4 nitrogen and oxygen atoms in total. The van der Waals surface area contributed by atoms with Crippen LogP contribution in [0.15, 0.2) is 33.9 Å². The third kappa shape index (κ3) is 3.04. The van der Waals surface area contributed by atoms with Crippen LogP contribution in [0.25, 0.3) is 0 Å². The Morgan fingerprint density at radius 1 is 1.35 bits per heavy atom. The molecule has 2 aromatic rings. The van der Waals surface area contributed by atoms with E-state index in [0.717, 1.165) is 5.56 Å². The van der Waals surface area contributed by atoms with Crippen LogP contribution < -0.4 is 5.73 Å². The Hall–Kier alpha value is -1.40. The van der Waals surface area contributed by atoms with Gasteiger partial charge in [0.05, 0.1) is 5.25 Å². The molecule has 0 bridgehead atoms. The van der Waals surface area contributed by atoms with Gasteiger partial charge in [0.25, 0.3) is 5.22 Å². The molecule has 17 heavy (non-hydrogen) atoms. The Balaban J connectivity index is 2.13. The monoisotopic (exact) mass is 253 g/mol. The van der Waals surface area contributed by atoms with Crippen LogP contribution in [0.4, 0.5) is 4.39 Å². The normalized spacial score (nSPS) is 12.6. The maximum absolute atomic E-state index is 12.8. The zero-order valence-electron chi connectivity index (χ0n) is 9.26. The molecule has 1 unspecified atom stereocenters.